The maximum Gasteiger partial charge on any atom is 0.197 e. The minimum atomic E-state index is -1.76. The largest absolute Gasteiger partial charge is 0.507 e. The van der Waals surface area contributed by atoms with Crippen molar-refractivity contribution in [3.63, 3.8) is 0 Å². The molecule has 0 saturated heterocycles. The van der Waals surface area contributed by atoms with Crippen LogP contribution in [0.25, 0.3) is 10.8 Å². The molecule has 7 N–H and O–H groups in total. The summed E-state index contributed by atoms with van der Waals surface area (Å²) in [7, 11) is 2.51. The first-order chi connectivity index (χ1) is 23.0. The van der Waals surface area contributed by atoms with Crippen molar-refractivity contribution in [3.8, 4) is 17.2 Å². The van der Waals surface area contributed by atoms with E-state index in [1.165, 1.54) is 21.1 Å². The molecule has 1 aliphatic rings. The van der Waals surface area contributed by atoms with Crippen molar-refractivity contribution in [1.82, 2.24) is 0 Å². The lowest BCUT2D eigenvalue weighted by molar-refractivity contribution is -0.205. The number of phenolic OH excluding ortho intramolecular Hbond substituents is 2. The number of hydrogen-bond acceptors (Lipinski definition) is 15. The summed E-state index contributed by atoms with van der Waals surface area (Å²) in [6.07, 6.45) is -11.1. The molecule has 15 nitrogen and oxygen atoms in total. The number of rotatable bonds is 18. The molecule has 49 heavy (non-hydrogen) atoms. The molecule has 0 bridgehead atoms. The van der Waals surface area contributed by atoms with Crippen LogP contribution in [-0.4, -0.2) is 136 Å². The predicted octanol–water partition coefficient (Wildman–Crippen LogP) is 0.867. The van der Waals surface area contributed by atoms with Crippen molar-refractivity contribution < 1.29 is 73.8 Å². The molecule has 0 spiro atoms. The second-order valence-electron chi connectivity index (χ2n) is 12.4. The molecule has 1 aliphatic carbocycles. The van der Waals surface area contributed by atoms with Gasteiger partial charge in [0.05, 0.1) is 42.5 Å². The van der Waals surface area contributed by atoms with Gasteiger partial charge in [-0.1, -0.05) is 0 Å². The third kappa shape index (κ3) is 9.05. The second kappa shape index (κ2) is 17.3. The minimum Gasteiger partial charge on any atom is -0.507 e. The molecule has 3 rings (SSSR count). The van der Waals surface area contributed by atoms with Crippen molar-refractivity contribution in [3.05, 3.63) is 28.8 Å². The molecule has 0 aromatic heterocycles. The molecule has 4 unspecified atom stereocenters. The van der Waals surface area contributed by atoms with E-state index in [2.05, 4.69) is 0 Å². The third-order valence-electron chi connectivity index (χ3n) is 8.81. The summed E-state index contributed by atoms with van der Waals surface area (Å²) in [4.78, 5) is 26.7. The number of carbonyl (C=O) groups is 2. The number of phenols is 2. The fourth-order valence-corrected chi connectivity index (χ4v) is 5.92. The minimum absolute atomic E-state index is 0.000762. The van der Waals surface area contributed by atoms with E-state index in [0.717, 1.165) is 0 Å². The fourth-order valence-electron chi connectivity index (χ4n) is 5.92. The molecule has 15 heteroatoms. The van der Waals surface area contributed by atoms with Crippen molar-refractivity contribution in [2.75, 3.05) is 27.4 Å². The van der Waals surface area contributed by atoms with Gasteiger partial charge in [-0.3, -0.25) is 9.59 Å². The van der Waals surface area contributed by atoms with Crippen LogP contribution in [0.1, 0.15) is 56.1 Å². The molecule has 2 aromatic rings. The van der Waals surface area contributed by atoms with Gasteiger partial charge in [0.1, 0.15) is 47.8 Å². The molecule has 0 fully saturated rings. The number of ketones is 2. The molecule has 0 saturated carbocycles. The van der Waals surface area contributed by atoms with E-state index in [9.17, 15) is 40.2 Å². The average Bonchev–Trinajstić information content (AvgIpc) is 3.04. The van der Waals surface area contributed by atoms with Gasteiger partial charge in [0.15, 0.2) is 24.1 Å². The molecule has 0 heterocycles. The predicted molar refractivity (Wildman–Crippen MR) is 174 cm³/mol. The summed E-state index contributed by atoms with van der Waals surface area (Å²) in [6, 6.07) is 3.13. The smallest absolute Gasteiger partial charge is 0.197 e. The van der Waals surface area contributed by atoms with Crippen LogP contribution in [-0.2, 0) is 34.9 Å². The first-order valence-electron chi connectivity index (χ1n) is 16.1. The number of methoxy groups -OCH3 is 2. The summed E-state index contributed by atoms with van der Waals surface area (Å²) in [5.74, 6) is -3.03. The zero-order valence-corrected chi connectivity index (χ0v) is 29.0. The number of aliphatic hydroxyl groups excluding tert-OH is 5. The van der Waals surface area contributed by atoms with Gasteiger partial charge in [-0.25, -0.2) is 0 Å². The highest BCUT2D eigenvalue weighted by Crippen LogP contribution is 2.46. The number of Topliss-reactive ketones (excluding diaryl/α,β-unsaturated/α-hetero) is 2. The number of fused-ring (bicyclic) bond motifs is 2. The van der Waals surface area contributed by atoms with Crippen LogP contribution >= 0.6 is 0 Å². The van der Waals surface area contributed by atoms with E-state index in [0.29, 0.717) is 10.9 Å². The Morgan fingerprint density at radius 2 is 1.53 bits per heavy atom. The molecular weight excluding hydrogens is 648 g/mol. The van der Waals surface area contributed by atoms with E-state index < -0.39 is 91.3 Å². The van der Waals surface area contributed by atoms with Crippen LogP contribution in [0.3, 0.4) is 0 Å². The van der Waals surface area contributed by atoms with E-state index in [1.54, 1.807) is 46.8 Å². The monoisotopic (exact) mass is 698 g/mol. The van der Waals surface area contributed by atoms with Crippen molar-refractivity contribution in [2.24, 2.45) is 5.92 Å². The highest BCUT2D eigenvalue weighted by molar-refractivity contribution is 6.11. The van der Waals surface area contributed by atoms with Gasteiger partial charge in [0.25, 0.3) is 0 Å². The van der Waals surface area contributed by atoms with Crippen molar-refractivity contribution in [1.29, 1.82) is 0 Å². The number of ether oxygens (including phenoxy) is 6. The van der Waals surface area contributed by atoms with E-state index in [4.69, 9.17) is 33.5 Å². The molecule has 0 aliphatic heterocycles. The van der Waals surface area contributed by atoms with Crippen LogP contribution in [0, 0.1) is 12.8 Å². The second-order valence-corrected chi connectivity index (χ2v) is 12.4. The van der Waals surface area contributed by atoms with Crippen LogP contribution in [0.2, 0.25) is 0 Å². The van der Waals surface area contributed by atoms with E-state index in [1.807, 2.05) is 0 Å². The summed E-state index contributed by atoms with van der Waals surface area (Å²) in [5, 5.41) is 72.1. The number of hydrogen-bond donors (Lipinski definition) is 7. The lowest BCUT2D eigenvalue weighted by Gasteiger charge is -2.36. The summed E-state index contributed by atoms with van der Waals surface area (Å²) in [5.41, 5.74) is 0.489. The number of aliphatic hydroxyl groups is 5. The molecule has 0 amide bonds. The lowest BCUT2D eigenvalue weighted by Crippen LogP contribution is -2.51. The normalized spacial score (nSPS) is 22.0. The first-order valence-corrected chi connectivity index (χ1v) is 16.1. The standard InChI is InChI=1S/C34H50O15/c1-14-25(49-19(6)48-17(4)24(38)13-46-18(5)47-16(3)23(37)12-35)11-21-9-20-10-22(34(45-8)32(43)29(40)15(2)36)33(44-7)31(42)27(20)30(41)26(21)28(14)39/h9,11,15-19,22-24,29,33-41H,10,12-13H2,1-8H3/t15-,16?,17?,18-,19?,22?,23+,24+,29+,33+,34+/m1/s1. The molecule has 276 valence electrons. The molecule has 11 atom stereocenters. The zero-order valence-electron chi connectivity index (χ0n) is 29.0. The van der Waals surface area contributed by atoms with E-state index >= 15 is 0 Å². The Labute approximate surface area is 284 Å². The maximum absolute atomic E-state index is 13.7. The van der Waals surface area contributed by atoms with Crippen LogP contribution < -0.4 is 4.74 Å². The number of carbonyl (C=O) groups excluding carboxylic acids is 2. The highest BCUT2D eigenvalue weighted by Gasteiger charge is 2.46. The van der Waals surface area contributed by atoms with Crippen LogP contribution in [0.15, 0.2) is 12.1 Å². The Morgan fingerprint density at radius 1 is 0.918 bits per heavy atom. The van der Waals surface area contributed by atoms with Crippen LogP contribution in [0.5, 0.6) is 17.2 Å². The fraction of sp³-hybridized carbons (Fsp3) is 0.647. The average molecular weight is 699 g/mol. The van der Waals surface area contributed by atoms with Gasteiger partial charge in [0, 0.05) is 25.7 Å². The Hall–Kier alpha value is -2.96. The molecular formula is C34H50O15. The lowest BCUT2D eigenvalue weighted by atomic mass is 9.75. The van der Waals surface area contributed by atoms with Gasteiger partial charge < -0.3 is 64.2 Å². The SMILES string of the molecule is CO[C@@H]1C(=O)c2c(cc3cc(OC(C)OC(C)[C@@H](O)CO[C@@H](C)OC(C)[C@@H](O)CO)c(C)c(O)c3c2O)CC1[C@H](OC)C(=O)[C@@H](O)[C@@H](C)O. The Kier molecular flexibility index (Phi) is 14.3. The Bertz CT molecular complexity index is 1440. The van der Waals surface area contributed by atoms with E-state index in [-0.39, 0.29) is 41.0 Å². The molecule has 0 radical (unpaired) electrons. The van der Waals surface area contributed by atoms with Gasteiger partial charge in [-0.05, 0) is 71.0 Å². The first kappa shape index (κ1) is 40.5. The van der Waals surface area contributed by atoms with Crippen molar-refractivity contribution >= 4 is 22.3 Å². The summed E-state index contributed by atoms with van der Waals surface area (Å²) >= 11 is 0. The van der Waals surface area contributed by atoms with Crippen molar-refractivity contribution in [2.45, 2.75) is 109 Å². The number of benzene rings is 2. The summed E-state index contributed by atoms with van der Waals surface area (Å²) in [6.45, 7) is 8.49. The summed E-state index contributed by atoms with van der Waals surface area (Å²) < 4.78 is 33.6. The Morgan fingerprint density at radius 3 is 2.10 bits per heavy atom. The highest BCUT2D eigenvalue weighted by atomic mass is 16.7. The maximum atomic E-state index is 13.7. The molecule has 2 aromatic carbocycles. The number of aromatic hydroxyl groups is 2. The van der Waals surface area contributed by atoms with Crippen LogP contribution in [0.4, 0.5) is 0 Å². The third-order valence-corrected chi connectivity index (χ3v) is 8.81. The zero-order chi connectivity index (χ0) is 36.9. The van der Waals surface area contributed by atoms with Gasteiger partial charge in [-0.15, -0.1) is 0 Å². The van der Waals surface area contributed by atoms with Gasteiger partial charge >= 0.3 is 0 Å². The topological polar surface area (TPSA) is 231 Å². The van der Waals surface area contributed by atoms with Gasteiger partial charge in [-0.2, -0.15) is 0 Å². The van der Waals surface area contributed by atoms with Gasteiger partial charge in [0.2, 0.25) is 0 Å². The Balaban J connectivity index is 1.83. The quantitative estimate of drug-likeness (QED) is 0.107.